The normalized spacial score (nSPS) is 11.2. The molecular weight excluding hydrogens is 393 g/mol. The van der Waals surface area contributed by atoms with Crippen molar-refractivity contribution in [2.45, 2.75) is 11.3 Å². The Labute approximate surface area is 159 Å². The van der Waals surface area contributed by atoms with Crippen LogP contribution in [-0.2, 0) is 16.4 Å². The van der Waals surface area contributed by atoms with Gasteiger partial charge in [-0.3, -0.25) is 4.72 Å². The average molecular weight is 409 g/mol. The molecule has 0 spiro atoms. The maximum atomic E-state index is 13.0. The lowest BCUT2D eigenvalue weighted by Crippen LogP contribution is -2.12. The summed E-state index contributed by atoms with van der Waals surface area (Å²) >= 11 is 1.12. The smallest absolute Gasteiger partial charge is 0.263 e. The average Bonchev–Trinajstić information content (AvgIpc) is 3.08. The molecule has 1 aromatic heterocycles. The van der Waals surface area contributed by atoms with Gasteiger partial charge in [0.1, 0.15) is 10.8 Å². The van der Waals surface area contributed by atoms with E-state index in [2.05, 4.69) is 14.9 Å². The summed E-state index contributed by atoms with van der Waals surface area (Å²) in [5.74, 6) is 0.699. The number of benzene rings is 2. The van der Waals surface area contributed by atoms with Crippen molar-refractivity contribution >= 4 is 26.5 Å². The molecule has 7 nitrogen and oxygen atoms in total. The van der Waals surface area contributed by atoms with Gasteiger partial charge in [0.2, 0.25) is 5.13 Å². The van der Waals surface area contributed by atoms with Gasteiger partial charge in [0.15, 0.2) is 11.5 Å². The van der Waals surface area contributed by atoms with Crippen molar-refractivity contribution in [1.82, 2.24) is 10.2 Å². The van der Waals surface area contributed by atoms with E-state index in [9.17, 15) is 12.8 Å². The Bertz CT molecular complexity index is 1040. The topological polar surface area (TPSA) is 90.4 Å². The largest absolute Gasteiger partial charge is 0.493 e. The van der Waals surface area contributed by atoms with E-state index in [4.69, 9.17) is 9.47 Å². The third-order valence-electron chi connectivity index (χ3n) is 3.62. The zero-order valence-corrected chi connectivity index (χ0v) is 16.1. The van der Waals surface area contributed by atoms with Crippen molar-refractivity contribution in [1.29, 1.82) is 0 Å². The third-order valence-corrected chi connectivity index (χ3v) is 5.94. The van der Waals surface area contributed by atoms with E-state index in [-0.39, 0.29) is 10.0 Å². The molecule has 0 radical (unpaired) electrons. The van der Waals surface area contributed by atoms with Crippen LogP contribution in [0, 0.1) is 5.82 Å². The second-order valence-corrected chi connectivity index (χ2v) is 8.17. The Balaban J connectivity index is 1.74. The van der Waals surface area contributed by atoms with Gasteiger partial charge in [-0.25, -0.2) is 12.8 Å². The van der Waals surface area contributed by atoms with Crippen LogP contribution < -0.4 is 14.2 Å². The number of halogens is 1. The lowest BCUT2D eigenvalue weighted by Gasteiger charge is -2.08. The lowest BCUT2D eigenvalue weighted by atomic mass is 10.1. The van der Waals surface area contributed by atoms with Gasteiger partial charge < -0.3 is 9.47 Å². The first-order valence-corrected chi connectivity index (χ1v) is 10.0. The second kappa shape index (κ2) is 7.89. The van der Waals surface area contributed by atoms with Gasteiger partial charge in [-0.2, -0.15) is 0 Å². The van der Waals surface area contributed by atoms with E-state index in [0.717, 1.165) is 29.0 Å². The zero-order chi connectivity index (χ0) is 19.4. The van der Waals surface area contributed by atoms with E-state index in [1.807, 2.05) is 12.1 Å². The fraction of sp³-hybridized carbons (Fsp3) is 0.176. The Morgan fingerprint density at radius 2 is 1.74 bits per heavy atom. The second-order valence-electron chi connectivity index (χ2n) is 5.43. The molecule has 0 bridgehead atoms. The molecule has 3 rings (SSSR count). The minimum atomic E-state index is -3.85. The number of nitrogens with zero attached hydrogens (tertiary/aromatic N) is 2. The number of hydrogen-bond acceptors (Lipinski definition) is 7. The summed E-state index contributed by atoms with van der Waals surface area (Å²) in [6, 6.07) is 10.0. The molecule has 10 heteroatoms. The van der Waals surface area contributed by atoms with Crippen molar-refractivity contribution in [2.24, 2.45) is 0 Å². The lowest BCUT2D eigenvalue weighted by molar-refractivity contribution is 0.354. The highest BCUT2D eigenvalue weighted by molar-refractivity contribution is 7.93. The standard InChI is InChI=1S/C17H16FN3O4S2/c1-24-14-8-3-11(9-15(14)25-2)10-16-19-20-17(26-16)21-27(22,23)13-6-4-12(18)5-7-13/h3-9H,10H2,1-2H3,(H,20,21). The van der Waals surface area contributed by atoms with Gasteiger partial charge in [0, 0.05) is 6.42 Å². The number of rotatable bonds is 7. The SMILES string of the molecule is COc1ccc(Cc2nnc(NS(=O)(=O)c3ccc(F)cc3)s2)cc1OC. The van der Waals surface area contributed by atoms with Crippen molar-refractivity contribution in [3.8, 4) is 11.5 Å². The summed E-state index contributed by atoms with van der Waals surface area (Å²) in [7, 11) is -0.747. The predicted octanol–water partition coefficient (Wildman–Crippen LogP) is 3.09. The van der Waals surface area contributed by atoms with Crippen molar-refractivity contribution < 1.29 is 22.3 Å². The van der Waals surface area contributed by atoms with E-state index in [1.165, 1.54) is 12.1 Å². The first kappa shape index (κ1) is 19.1. The highest BCUT2D eigenvalue weighted by Gasteiger charge is 2.17. The van der Waals surface area contributed by atoms with Gasteiger partial charge in [-0.1, -0.05) is 17.4 Å². The molecule has 0 saturated carbocycles. The van der Waals surface area contributed by atoms with Crippen LogP contribution in [-0.4, -0.2) is 32.8 Å². The first-order valence-electron chi connectivity index (χ1n) is 7.73. The molecule has 3 aromatic rings. The molecule has 0 fully saturated rings. The Kier molecular flexibility index (Phi) is 5.57. The van der Waals surface area contributed by atoms with Crippen LogP contribution >= 0.6 is 11.3 Å². The van der Waals surface area contributed by atoms with Crippen LogP contribution in [0.5, 0.6) is 11.5 Å². The molecular formula is C17H16FN3O4S2. The summed E-state index contributed by atoms with van der Waals surface area (Å²) in [6.45, 7) is 0. The van der Waals surface area contributed by atoms with Crippen LogP contribution in [0.4, 0.5) is 9.52 Å². The monoisotopic (exact) mass is 409 g/mol. The fourth-order valence-corrected chi connectivity index (χ4v) is 4.32. The number of sulfonamides is 1. The van der Waals surface area contributed by atoms with Crippen LogP contribution in [0.25, 0.3) is 0 Å². The molecule has 0 aliphatic heterocycles. The number of hydrogen-bond donors (Lipinski definition) is 1. The number of anilines is 1. The van der Waals surface area contributed by atoms with Crippen LogP contribution in [0.15, 0.2) is 47.4 Å². The molecule has 142 valence electrons. The minimum absolute atomic E-state index is 0.0551. The molecule has 0 unspecified atom stereocenters. The molecule has 1 heterocycles. The summed E-state index contributed by atoms with van der Waals surface area (Å²) in [5.41, 5.74) is 0.914. The van der Waals surface area contributed by atoms with Gasteiger partial charge in [0.25, 0.3) is 10.0 Å². The zero-order valence-electron chi connectivity index (χ0n) is 14.5. The molecule has 0 aliphatic rings. The molecule has 0 aliphatic carbocycles. The number of nitrogens with one attached hydrogen (secondary N) is 1. The Morgan fingerprint density at radius 1 is 1.04 bits per heavy atom. The van der Waals surface area contributed by atoms with Gasteiger partial charge in [-0.15, -0.1) is 10.2 Å². The maximum absolute atomic E-state index is 13.0. The summed E-state index contributed by atoms with van der Waals surface area (Å²) in [5, 5.41) is 8.63. The highest BCUT2D eigenvalue weighted by atomic mass is 32.2. The van der Waals surface area contributed by atoms with Gasteiger partial charge >= 0.3 is 0 Å². The maximum Gasteiger partial charge on any atom is 0.263 e. The van der Waals surface area contributed by atoms with E-state index in [1.54, 1.807) is 20.3 Å². The van der Waals surface area contributed by atoms with E-state index in [0.29, 0.717) is 22.9 Å². The number of ether oxygens (including phenoxy) is 2. The number of aromatic nitrogens is 2. The van der Waals surface area contributed by atoms with Crippen LogP contribution in [0.2, 0.25) is 0 Å². The molecule has 2 aromatic carbocycles. The van der Waals surface area contributed by atoms with Gasteiger partial charge in [0.05, 0.1) is 19.1 Å². The highest BCUT2D eigenvalue weighted by Crippen LogP contribution is 2.29. The summed E-state index contributed by atoms with van der Waals surface area (Å²) in [6.07, 6.45) is 0.455. The quantitative estimate of drug-likeness (QED) is 0.645. The molecule has 0 saturated heterocycles. The van der Waals surface area contributed by atoms with Crippen LogP contribution in [0.1, 0.15) is 10.6 Å². The van der Waals surface area contributed by atoms with Crippen LogP contribution in [0.3, 0.4) is 0 Å². The minimum Gasteiger partial charge on any atom is -0.493 e. The fourth-order valence-electron chi connectivity index (χ4n) is 2.32. The third kappa shape index (κ3) is 4.52. The summed E-state index contributed by atoms with van der Waals surface area (Å²) in [4.78, 5) is -0.0551. The first-order chi connectivity index (χ1) is 12.9. The Hall–Kier alpha value is -2.72. The Morgan fingerprint density at radius 3 is 2.41 bits per heavy atom. The summed E-state index contributed by atoms with van der Waals surface area (Å²) < 4.78 is 50.4. The van der Waals surface area contributed by atoms with E-state index < -0.39 is 15.8 Å². The van der Waals surface area contributed by atoms with Crippen molar-refractivity contribution in [3.63, 3.8) is 0 Å². The molecule has 27 heavy (non-hydrogen) atoms. The molecule has 0 amide bonds. The molecule has 0 atom stereocenters. The predicted molar refractivity (Wildman–Crippen MR) is 99.5 cm³/mol. The van der Waals surface area contributed by atoms with Crippen molar-refractivity contribution in [3.05, 3.63) is 58.9 Å². The van der Waals surface area contributed by atoms with Crippen molar-refractivity contribution in [2.75, 3.05) is 18.9 Å². The van der Waals surface area contributed by atoms with Gasteiger partial charge in [-0.05, 0) is 42.0 Å². The number of methoxy groups -OCH3 is 2. The molecule has 1 N–H and O–H groups in total. The van der Waals surface area contributed by atoms with E-state index >= 15 is 0 Å².